The number of hydrogen-bond acceptors (Lipinski definition) is 5. The van der Waals surface area contributed by atoms with Crippen molar-refractivity contribution >= 4 is 0 Å². The maximum atomic E-state index is 10.4. The first-order valence-corrected chi connectivity index (χ1v) is 7.17. The first-order valence-electron chi connectivity index (χ1n) is 7.17. The third kappa shape index (κ3) is 4.13. The van der Waals surface area contributed by atoms with Crippen molar-refractivity contribution in [2.24, 2.45) is 23.5 Å². The Bertz CT molecular complexity index is 260. The molecule has 1 aliphatic heterocycles. The van der Waals surface area contributed by atoms with E-state index in [-0.39, 0.29) is 42.6 Å². The molecule has 0 amide bonds. The zero-order valence-electron chi connectivity index (χ0n) is 12.5. The fraction of sp³-hybridized carbons (Fsp3) is 1.00. The van der Waals surface area contributed by atoms with Gasteiger partial charge in [0.1, 0.15) is 0 Å². The molecule has 0 aliphatic carbocycles. The van der Waals surface area contributed by atoms with Crippen molar-refractivity contribution in [3.05, 3.63) is 0 Å². The van der Waals surface area contributed by atoms with Gasteiger partial charge in [0, 0.05) is 5.92 Å². The maximum absolute atomic E-state index is 10.4. The highest BCUT2D eigenvalue weighted by Crippen LogP contribution is 2.33. The van der Waals surface area contributed by atoms with Crippen LogP contribution < -0.4 is 5.73 Å². The molecule has 0 aromatic heterocycles. The average molecular weight is 275 g/mol. The van der Waals surface area contributed by atoms with Gasteiger partial charge in [-0.15, -0.1) is 0 Å². The first-order chi connectivity index (χ1) is 8.90. The van der Waals surface area contributed by atoms with Gasteiger partial charge < -0.3 is 25.4 Å². The van der Waals surface area contributed by atoms with E-state index in [2.05, 4.69) is 13.8 Å². The van der Waals surface area contributed by atoms with Crippen LogP contribution in [0.4, 0.5) is 0 Å². The molecule has 1 heterocycles. The van der Waals surface area contributed by atoms with Crippen LogP contribution in [-0.2, 0) is 9.47 Å². The number of aliphatic hydroxyl groups is 2. The molecule has 19 heavy (non-hydrogen) atoms. The number of rotatable bonds is 6. The van der Waals surface area contributed by atoms with Gasteiger partial charge in [0.2, 0.25) is 0 Å². The quantitative estimate of drug-likeness (QED) is 0.610. The molecule has 114 valence electrons. The van der Waals surface area contributed by atoms with E-state index in [4.69, 9.17) is 20.3 Å². The van der Waals surface area contributed by atoms with Crippen LogP contribution in [-0.4, -0.2) is 54.4 Å². The van der Waals surface area contributed by atoms with E-state index < -0.39 is 6.10 Å². The van der Waals surface area contributed by atoms with E-state index in [1.807, 2.05) is 13.8 Å². The molecule has 0 radical (unpaired) electrons. The van der Waals surface area contributed by atoms with Crippen LogP contribution in [0.2, 0.25) is 0 Å². The highest BCUT2D eigenvalue weighted by Gasteiger charge is 2.45. The number of ether oxygens (including phenoxy) is 2. The molecule has 5 nitrogen and oxygen atoms in total. The zero-order valence-corrected chi connectivity index (χ0v) is 12.5. The Morgan fingerprint density at radius 3 is 2.32 bits per heavy atom. The fourth-order valence-electron chi connectivity index (χ4n) is 2.89. The van der Waals surface area contributed by atoms with E-state index in [0.29, 0.717) is 13.2 Å². The van der Waals surface area contributed by atoms with Gasteiger partial charge >= 0.3 is 0 Å². The highest BCUT2D eigenvalue weighted by molar-refractivity contribution is 4.96. The first kappa shape index (κ1) is 16.9. The summed E-state index contributed by atoms with van der Waals surface area (Å²) in [6.07, 6.45) is -0.912. The van der Waals surface area contributed by atoms with E-state index >= 15 is 0 Å². The lowest BCUT2D eigenvalue weighted by Crippen LogP contribution is -2.61. The Morgan fingerprint density at radius 1 is 1.21 bits per heavy atom. The monoisotopic (exact) mass is 275 g/mol. The second-order valence-corrected chi connectivity index (χ2v) is 6.07. The molecule has 5 heteroatoms. The van der Waals surface area contributed by atoms with Crippen molar-refractivity contribution in [3.63, 3.8) is 0 Å². The second-order valence-electron chi connectivity index (χ2n) is 6.07. The Labute approximate surface area is 116 Å². The van der Waals surface area contributed by atoms with Gasteiger partial charge in [-0.05, 0) is 11.8 Å². The molecule has 0 aromatic carbocycles. The molecular formula is C14H29NO4. The van der Waals surface area contributed by atoms with Crippen molar-refractivity contribution in [2.45, 2.75) is 52.0 Å². The molecule has 0 saturated carbocycles. The molecule has 1 saturated heterocycles. The Balaban J connectivity index is 2.76. The van der Waals surface area contributed by atoms with Gasteiger partial charge in [-0.2, -0.15) is 0 Å². The second kappa shape index (κ2) is 7.55. The van der Waals surface area contributed by atoms with E-state index in [1.54, 1.807) is 0 Å². The van der Waals surface area contributed by atoms with Crippen LogP contribution in [0.3, 0.4) is 0 Å². The third-order valence-electron chi connectivity index (χ3n) is 3.87. The molecule has 0 bridgehead atoms. The van der Waals surface area contributed by atoms with E-state index in [1.165, 1.54) is 0 Å². The van der Waals surface area contributed by atoms with Crippen molar-refractivity contribution in [1.82, 2.24) is 0 Å². The molecule has 0 aromatic rings. The normalized spacial score (nSPS) is 36.2. The highest BCUT2D eigenvalue weighted by atomic mass is 16.5. The van der Waals surface area contributed by atoms with Gasteiger partial charge in [0.25, 0.3) is 0 Å². The lowest BCUT2D eigenvalue weighted by atomic mass is 9.77. The minimum atomic E-state index is -0.580. The number of aliphatic hydroxyl groups excluding tert-OH is 2. The van der Waals surface area contributed by atoms with Crippen LogP contribution in [0, 0.1) is 17.8 Å². The summed E-state index contributed by atoms with van der Waals surface area (Å²) in [7, 11) is 0. The largest absolute Gasteiger partial charge is 0.394 e. The number of hydrogen-bond donors (Lipinski definition) is 3. The van der Waals surface area contributed by atoms with Crippen LogP contribution >= 0.6 is 0 Å². The van der Waals surface area contributed by atoms with Crippen molar-refractivity contribution in [2.75, 3.05) is 19.8 Å². The van der Waals surface area contributed by atoms with Crippen molar-refractivity contribution < 1.29 is 19.7 Å². The molecular weight excluding hydrogens is 246 g/mol. The molecule has 5 atom stereocenters. The summed E-state index contributed by atoms with van der Waals surface area (Å²) in [4.78, 5) is 0. The molecule has 1 aliphatic rings. The summed E-state index contributed by atoms with van der Waals surface area (Å²) in [5, 5.41) is 19.2. The van der Waals surface area contributed by atoms with Gasteiger partial charge in [0.15, 0.2) is 0 Å². The molecule has 1 fully saturated rings. The topological polar surface area (TPSA) is 84.9 Å². The van der Waals surface area contributed by atoms with Crippen molar-refractivity contribution in [1.29, 1.82) is 0 Å². The summed E-state index contributed by atoms with van der Waals surface area (Å²) in [6.45, 7) is 8.86. The van der Waals surface area contributed by atoms with E-state index in [0.717, 1.165) is 0 Å². The standard InChI is InChI=1S/C14H29NO4/c1-8(2)11-10(7-18-6-5-16)19-14(9(3)4)12(15)13(11)17/h8-14,16-17H,5-7,15H2,1-4H3. The lowest BCUT2D eigenvalue weighted by molar-refractivity contribution is -0.188. The smallest absolute Gasteiger partial charge is 0.0869 e. The van der Waals surface area contributed by atoms with Crippen LogP contribution in [0.25, 0.3) is 0 Å². The van der Waals surface area contributed by atoms with E-state index in [9.17, 15) is 5.11 Å². The molecule has 4 N–H and O–H groups in total. The zero-order chi connectivity index (χ0) is 14.6. The Kier molecular flexibility index (Phi) is 6.69. The fourth-order valence-corrected chi connectivity index (χ4v) is 2.89. The van der Waals surface area contributed by atoms with Gasteiger partial charge in [-0.1, -0.05) is 27.7 Å². The van der Waals surface area contributed by atoms with Crippen LogP contribution in [0.5, 0.6) is 0 Å². The van der Waals surface area contributed by atoms with Crippen LogP contribution in [0.15, 0.2) is 0 Å². The Hall–Kier alpha value is -0.200. The van der Waals surface area contributed by atoms with Crippen LogP contribution in [0.1, 0.15) is 27.7 Å². The lowest BCUT2D eigenvalue weighted by Gasteiger charge is -2.46. The predicted octanol–water partition coefficient (Wildman–Crippen LogP) is 0.379. The molecule has 1 rings (SSSR count). The average Bonchev–Trinajstić information content (AvgIpc) is 2.32. The summed E-state index contributed by atoms with van der Waals surface area (Å²) in [6, 6.07) is -0.360. The minimum absolute atomic E-state index is 0.00522. The number of nitrogens with two attached hydrogens (primary N) is 1. The van der Waals surface area contributed by atoms with Gasteiger partial charge in [-0.25, -0.2) is 0 Å². The SMILES string of the molecule is CC(C)C1OC(COCCO)C(C(C)C)C(O)C1N. The maximum Gasteiger partial charge on any atom is 0.0869 e. The van der Waals surface area contributed by atoms with Gasteiger partial charge in [-0.3, -0.25) is 0 Å². The summed E-state index contributed by atoms with van der Waals surface area (Å²) in [5.74, 6) is 0.471. The third-order valence-corrected chi connectivity index (χ3v) is 3.87. The summed E-state index contributed by atoms with van der Waals surface area (Å²) in [5.41, 5.74) is 6.11. The molecule has 5 unspecified atom stereocenters. The summed E-state index contributed by atoms with van der Waals surface area (Å²) >= 11 is 0. The van der Waals surface area contributed by atoms with Gasteiger partial charge in [0.05, 0.1) is 44.2 Å². The Morgan fingerprint density at radius 2 is 1.84 bits per heavy atom. The predicted molar refractivity (Wildman–Crippen MR) is 73.7 cm³/mol. The van der Waals surface area contributed by atoms with Crippen molar-refractivity contribution in [3.8, 4) is 0 Å². The molecule has 0 spiro atoms. The minimum Gasteiger partial charge on any atom is -0.394 e. The summed E-state index contributed by atoms with van der Waals surface area (Å²) < 4.78 is 11.4.